The Morgan fingerprint density at radius 2 is 0.952 bits per heavy atom. The van der Waals surface area contributed by atoms with Crippen LogP contribution in [-0.4, -0.2) is 106 Å². The molecule has 4 aromatic carbocycles. The number of aryl methyl sites for hydroxylation is 1. The second-order valence-electron chi connectivity index (χ2n) is 20.2. The van der Waals surface area contributed by atoms with Gasteiger partial charge < -0.3 is 29.5 Å². The van der Waals surface area contributed by atoms with Gasteiger partial charge in [-0.2, -0.15) is 15.3 Å². The molecule has 0 saturated carbocycles. The zero-order chi connectivity index (χ0) is 58.5. The van der Waals surface area contributed by atoms with Crippen molar-refractivity contribution in [1.82, 2.24) is 59.7 Å². The van der Waals surface area contributed by atoms with Crippen molar-refractivity contribution >= 4 is 56.3 Å². The number of pyridine rings is 3. The third-order valence-corrected chi connectivity index (χ3v) is 14.1. The van der Waals surface area contributed by atoms with Crippen LogP contribution in [0.1, 0.15) is 28.5 Å². The molecule has 0 aliphatic rings. The average Bonchev–Trinajstić information content (AvgIpc) is 3.04. The molecule has 0 spiro atoms. The number of aromatic nitrogens is 12. The van der Waals surface area contributed by atoms with Gasteiger partial charge in [0.1, 0.15) is 22.7 Å². The monoisotopic (exact) mass is 1120 g/mol. The molecule has 13 aromatic rings. The van der Waals surface area contributed by atoms with E-state index in [9.17, 15) is 22.8 Å². The molecule has 0 bridgehead atoms. The highest BCUT2D eigenvalue weighted by molar-refractivity contribution is 5.98. The van der Waals surface area contributed by atoms with Crippen LogP contribution in [0.2, 0.25) is 0 Å². The van der Waals surface area contributed by atoms with E-state index in [1.165, 1.54) is 28.4 Å². The van der Waals surface area contributed by atoms with Crippen LogP contribution < -0.4 is 14.5 Å². The summed E-state index contributed by atoms with van der Waals surface area (Å²) < 4.78 is 43.4. The van der Waals surface area contributed by atoms with E-state index >= 15 is 0 Å². The van der Waals surface area contributed by atoms with E-state index in [0.717, 1.165) is 117 Å². The summed E-state index contributed by atoms with van der Waals surface area (Å²) in [5.74, 6) is -0.397. The van der Waals surface area contributed by atoms with E-state index < -0.39 is 6.36 Å². The largest absolute Gasteiger partial charge is 0.573 e. The number of carbonyl (C=O) groups is 2. The van der Waals surface area contributed by atoms with Crippen LogP contribution in [-0.2, 0) is 6.42 Å². The van der Waals surface area contributed by atoms with Crippen molar-refractivity contribution in [2.45, 2.75) is 26.1 Å². The molecule has 0 unspecified atom stereocenters. The Morgan fingerprint density at radius 1 is 0.512 bits per heavy atom. The van der Waals surface area contributed by atoms with Crippen LogP contribution in [0.5, 0.6) is 5.75 Å². The Labute approximate surface area is 479 Å². The predicted molar refractivity (Wildman–Crippen MR) is 322 cm³/mol. The second kappa shape index (κ2) is 23.7. The molecular formula is C64H55F3N14O3. The van der Waals surface area contributed by atoms with Gasteiger partial charge in [0.25, 0.3) is 0 Å². The van der Waals surface area contributed by atoms with Gasteiger partial charge in [-0.3, -0.25) is 14.7 Å². The van der Waals surface area contributed by atoms with Gasteiger partial charge in [-0.1, -0.05) is 66.7 Å². The van der Waals surface area contributed by atoms with Gasteiger partial charge in [0.15, 0.2) is 0 Å². The van der Waals surface area contributed by atoms with Crippen LogP contribution in [0.3, 0.4) is 0 Å². The number of rotatable bonds is 12. The zero-order valence-electron chi connectivity index (χ0n) is 46.2. The van der Waals surface area contributed by atoms with Crippen molar-refractivity contribution in [2.75, 3.05) is 38.0 Å². The van der Waals surface area contributed by atoms with E-state index in [-0.39, 0.29) is 17.6 Å². The maximum atomic E-state index is 12.7. The summed E-state index contributed by atoms with van der Waals surface area (Å²) in [7, 11) is 8.11. The van der Waals surface area contributed by atoms with Gasteiger partial charge in [-0.15, -0.1) is 13.2 Å². The average molecular weight is 1130 g/mol. The quantitative estimate of drug-likeness (QED) is 0.0907. The lowest BCUT2D eigenvalue weighted by Crippen LogP contribution is -2.16. The van der Waals surface area contributed by atoms with Gasteiger partial charge in [0, 0.05) is 175 Å². The summed E-state index contributed by atoms with van der Waals surface area (Å²) in [4.78, 5) is 51.3. The first-order valence-electron chi connectivity index (χ1n) is 26.6. The molecule has 4 N–H and O–H groups in total. The van der Waals surface area contributed by atoms with Gasteiger partial charge in [-0.25, -0.2) is 24.3 Å². The summed E-state index contributed by atoms with van der Waals surface area (Å²) in [5, 5.41) is 18.0. The van der Waals surface area contributed by atoms with Gasteiger partial charge in [0.2, 0.25) is 11.8 Å². The Hall–Kier alpha value is -10.9. The van der Waals surface area contributed by atoms with E-state index in [1.807, 2.05) is 95.6 Å². The number of hydrogen-bond acceptors (Lipinski definition) is 11. The fourth-order valence-electron chi connectivity index (χ4n) is 9.59. The molecule has 420 valence electrons. The molecule has 0 aliphatic heterocycles. The van der Waals surface area contributed by atoms with E-state index in [2.05, 4.69) is 125 Å². The summed E-state index contributed by atoms with van der Waals surface area (Å²) >= 11 is 0. The van der Waals surface area contributed by atoms with E-state index in [0.29, 0.717) is 12.8 Å². The lowest BCUT2D eigenvalue weighted by Gasteiger charge is -2.12. The Bertz CT molecular complexity index is 4390. The third-order valence-electron chi connectivity index (χ3n) is 14.1. The third kappa shape index (κ3) is 12.4. The molecule has 0 amide bonds. The maximum Gasteiger partial charge on any atom is 0.573 e. The molecule has 84 heavy (non-hydrogen) atoms. The molecule has 0 fully saturated rings. The Morgan fingerprint density at radius 3 is 1.37 bits per heavy atom. The second-order valence-corrected chi connectivity index (χ2v) is 20.2. The summed E-state index contributed by atoms with van der Waals surface area (Å²) in [6, 6.07) is 38.7. The van der Waals surface area contributed by atoms with Crippen LogP contribution in [0.4, 0.5) is 24.5 Å². The van der Waals surface area contributed by atoms with Gasteiger partial charge in [0.05, 0.1) is 18.6 Å². The van der Waals surface area contributed by atoms with E-state index in [1.54, 1.807) is 55.5 Å². The number of nitrogens with zero attached hydrogens (tertiary/aromatic N) is 10. The highest BCUT2D eigenvalue weighted by Gasteiger charge is 2.31. The molecular weight excluding hydrogens is 1070 g/mol. The summed E-state index contributed by atoms with van der Waals surface area (Å²) in [6.07, 6.45) is 17.9. The highest BCUT2D eigenvalue weighted by Crippen LogP contribution is 2.35. The molecule has 9 aromatic heterocycles. The van der Waals surface area contributed by atoms with Crippen LogP contribution in [0.15, 0.2) is 196 Å². The number of carbonyl (C=O) groups excluding carboxylic acids is 2. The topological polar surface area (TPSA) is 200 Å². The molecule has 17 nitrogen and oxygen atoms in total. The Kier molecular flexibility index (Phi) is 15.5. The van der Waals surface area contributed by atoms with Crippen molar-refractivity contribution in [1.29, 1.82) is 0 Å². The lowest BCUT2D eigenvalue weighted by molar-refractivity contribution is -0.274. The molecule has 13 rings (SSSR count). The van der Waals surface area contributed by atoms with Gasteiger partial charge in [-0.05, 0) is 83.3 Å². The number of fused-ring (bicyclic) bond motifs is 3. The van der Waals surface area contributed by atoms with Crippen molar-refractivity contribution in [3.63, 3.8) is 0 Å². The van der Waals surface area contributed by atoms with Crippen molar-refractivity contribution in [3.05, 3.63) is 201 Å². The van der Waals surface area contributed by atoms with Crippen LogP contribution in [0.25, 0.3) is 99.9 Å². The lowest BCUT2D eigenvalue weighted by atomic mass is 10.0. The fourth-order valence-corrected chi connectivity index (χ4v) is 9.59. The minimum absolute atomic E-state index is 0.0234. The molecule has 0 saturated heterocycles. The molecule has 0 aliphatic carbocycles. The smallest absolute Gasteiger partial charge is 0.406 e. The zero-order valence-corrected chi connectivity index (χ0v) is 46.2. The van der Waals surface area contributed by atoms with Crippen LogP contribution >= 0.6 is 0 Å². The number of H-pyrrole nitrogens is 4. The van der Waals surface area contributed by atoms with Crippen LogP contribution in [0, 0.1) is 0 Å². The standard InChI is InChI=1S/C27H25N5O.C20H19N5O.C17H11F3N4O/c1-31(2)23-11-9-20(10-12-23)21-14-24-25(17-29-27(24)28-15-21)22-16-30-32(18-22)26(33)13-8-19-6-4-3-5-7-19;1-13(26)25-12-16(10-23-25)19-11-22-20-18(19)8-15(9-21-20)14-4-6-17(7-5-14)24(2)3;18-17(19,20)25-13-3-1-10(2-4-13)11-5-14-15(12-7-23-24-8-12)9-22-16(14)21-6-11/h3-7,9-12,14-18H,8,13H2,1-2H3,(H,28,29);4-12H,1-3H3,(H,21,22);1-9H,(H,21,22)(H,23,24). The first-order valence-corrected chi connectivity index (χ1v) is 26.6. The Balaban J connectivity index is 0.000000133. The number of benzene rings is 4. The number of aromatic amines is 4. The molecule has 9 heterocycles. The normalized spacial score (nSPS) is 11.3. The molecule has 0 radical (unpaired) electrons. The number of halogens is 3. The molecule has 20 heteroatoms. The number of nitrogens with one attached hydrogen (secondary N) is 4. The number of anilines is 2. The number of alkyl halides is 3. The summed E-state index contributed by atoms with van der Waals surface area (Å²) in [5.41, 5.74) is 17.2. The minimum Gasteiger partial charge on any atom is -0.406 e. The molecule has 0 atom stereocenters. The maximum absolute atomic E-state index is 12.7. The van der Waals surface area contributed by atoms with Crippen molar-refractivity contribution in [2.24, 2.45) is 0 Å². The first-order chi connectivity index (χ1) is 40.6. The summed E-state index contributed by atoms with van der Waals surface area (Å²) in [6.45, 7) is 1.49. The number of ether oxygens (including phenoxy) is 1. The highest BCUT2D eigenvalue weighted by atomic mass is 19.4. The number of hydrogen-bond donors (Lipinski definition) is 4. The minimum atomic E-state index is -4.70. The first kappa shape index (κ1) is 55.0. The fraction of sp³-hybridized carbons (Fsp3) is 0.125. The van der Waals surface area contributed by atoms with Crippen molar-refractivity contribution < 1.29 is 27.5 Å². The predicted octanol–water partition coefficient (Wildman–Crippen LogP) is 13.8. The SMILES string of the molecule is CC(=O)n1cc(-c2c[nH]c3ncc(-c4ccc(N(C)C)cc4)cc23)cn1.CN(C)c1ccc(-c2cnc3[nH]cc(-c4cnn(C(=O)CCc5ccccc5)c4)c3c2)cc1.FC(F)(F)Oc1ccc(-c2cnc3[nH]cc(-c4cn[nH]c4)c3c2)cc1. The van der Waals surface area contributed by atoms with Gasteiger partial charge >= 0.3 is 6.36 Å². The van der Waals surface area contributed by atoms with E-state index in [4.69, 9.17) is 0 Å². The van der Waals surface area contributed by atoms with Crippen molar-refractivity contribution in [3.8, 4) is 72.5 Å².